The molecule has 2 aromatic carbocycles. The molecule has 0 radical (unpaired) electrons. The maximum absolute atomic E-state index is 12.1. The Hall–Kier alpha value is -2.47. The molecule has 0 heterocycles. The number of hydrogen-bond acceptors (Lipinski definition) is 4. The fraction of sp³-hybridized carbons (Fsp3) is 0. The highest BCUT2D eigenvalue weighted by Crippen LogP contribution is 2.28. The first kappa shape index (κ1) is 14.0. The number of rotatable bonds is 4. The van der Waals surface area contributed by atoms with Crippen LogP contribution in [0.5, 0.6) is 11.5 Å². The molecular weight excluding hydrogens is 278 g/mol. The van der Waals surface area contributed by atoms with Gasteiger partial charge in [0.1, 0.15) is 16.4 Å². The lowest BCUT2D eigenvalue weighted by Crippen LogP contribution is -2.13. The maximum Gasteiger partial charge on any atom is 0.265 e. The van der Waals surface area contributed by atoms with Crippen molar-refractivity contribution in [2.75, 3.05) is 4.72 Å². The van der Waals surface area contributed by atoms with E-state index in [0.717, 1.165) is 17.7 Å². The lowest BCUT2D eigenvalue weighted by atomic mass is 10.2. The van der Waals surface area contributed by atoms with Crippen LogP contribution in [0.4, 0.5) is 5.69 Å². The number of nitrogens with one attached hydrogen (secondary N) is 1. The van der Waals surface area contributed by atoms with Gasteiger partial charge in [-0.15, -0.1) is 0 Å². The summed E-state index contributed by atoms with van der Waals surface area (Å²) in [6, 6.07) is 9.86. The quantitative estimate of drug-likeness (QED) is 0.755. The number of sulfonamides is 1. The van der Waals surface area contributed by atoms with Crippen molar-refractivity contribution in [1.29, 1.82) is 0 Å². The molecule has 0 spiro atoms. The molecule has 5 nitrogen and oxygen atoms in total. The van der Waals surface area contributed by atoms with Crippen LogP contribution in [0.25, 0.3) is 6.08 Å². The molecule has 0 aliphatic heterocycles. The van der Waals surface area contributed by atoms with E-state index in [0.29, 0.717) is 5.69 Å². The fourth-order valence-corrected chi connectivity index (χ4v) is 2.79. The summed E-state index contributed by atoms with van der Waals surface area (Å²) in [5.41, 5.74) is 1.20. The topological polar surface area (TPSA) is 86.6 Å². The average Bonchev–Trinajstić information content (AvgIpc) is 2.42. The highest BCUT2D eigenvalue weighted by Gasteiger charge is 2.19. The maximum atomic E-state index is 12.1. The van der Waals surface area contributed by atoms with Gasteiger partial charge in [0, 0.05) is 11.8 Å². The second-order valence-electron chi connectivity index (χ2n) is 4.08. The Morgan fingerprint density at radius 1 is 1.05 bits per heavy atom. The summed E-state index contributed by atoms with van der Waals surface area (Å²) < 4.78 is 26.6. The van der Waals surface area contributed by atoms with Crippen LogP contribution in [0.1, 0.15) is 5.56 Å². The normalized spacial score (nSPS) is 11.0. The van der Waals surface area contributed by atoms with E-state index in [1.807, 2.05) is 0 Å². The van der Waals surface area contributed by atoms with Crippen molar-refractivity contribution in [3.63, 3.8) is 0 Å². The van der Waals surface area contributed by atoms with Crippen molar-refractivity contribution in [3.8, 4) is 11.5 Å². The molecule has 104 valence electrons. The molecule has 0 atom stereocenters. The number of phenols is 2. The van der Waals surface area contributed by atoms with Crippen LogP contribution >= 0.6 is 0 Å². The second-order valence-corrected chi connectivity index (χ2v) is 5.73. The van der Waals surface area contributed by atoms with E-state index in [9.17, 15) is 18.6 Å². The number of anilines is 1. The predicted octanol–water partition coefficient (Wildman–Crippen LogP) is 2.54. The van der Waals surface area contributed by atoms with Gasteiger partial charge in [0.25, 0.3) is 10.0 Å². The van der Waals surface area contributed by atoms with Gasteiger partial charge in [0.05, 0.1) is 0 Å². The zero-order chi connectivity index (χ0) is 14.8. The summed E-state index contributed by atoms with van der Waals surface area (Å²) in [5, 5.41) is 18.9. The Bertz CT molecular complexity index is 736. The summed E-state index contributed by atoms with van der Waals surface area (Å²) in [6.07, 6.45) is 1.64. The third-order valence-corrected chi connectivity index (χ3v) is 4.04. The molecule has 0 saturated carbocycles. The molecule has 0 bridgehead atoms. The highest BCUT2D eigenvalue weighted by atomic mass is 32.2. The third kappa shape index (κ3) is 2.92. The van der Waals surface area contributed by atoms with Crippen LogP contribution in [0, 0.1) is 0 Å². The van der Waals surface area contributed by atoms with E-state index in [-0.39, 0.29) is 10.6 Å². The second kappa shape index (κ2) is 5.26. The molecule has 3 N–H and O–H groups in total. The SMILES string of the molecule is C=Cc1ccc(NS(=O)(=O)c2cc(O)ccc2O)cc1. The van der Waals surface area contributed by atoms with Gasteiger partial charge in [-0.05, 0) is 29.8 Å². The predicted molar refractivity (Wildman–Crippen MR) is 77.1 cm³/mol. The smallest absolute Gasteiger partial charge is 0.265 e. The van der Waals surface area contributed by atoms with Gasteiger partial charge in [-0.25, -0.2) is 8.42 Å². The largest absolute Gasteiger partial charge is 0.508 e. The van der Waals surface area contributed by atoms with Gasteiger partial charge in [0.15, 0.2) is 0 Å². The summed E-state index contributed by atoms with van der Waals surface area (Å²) in [7, 11) is -3.97. The van der Waals surface area contributed by atoms with E-state index in [1.54, 1.807) is 30.3 Å². The van der Waals surface area contributed by atoms with Crippen LogP contribution in [0.2, 0.25) is 0 Å². The summed E-state index contributed by atoms with van der Waals surface area (Å²) in [5.74, 6) is -0.678. The van der Waals surface area contributed by atoms with Crippen molar-refractivity contribution < 1.29 is 18.6 Å². The molecule has 0 saturated heterocycles. The van der Waals surface area contributed by atoms with Crippen molar-refractivity contribution in [2.24, 2.45) is 0 Å². The molecule has 2 rings (SSSR count). The third-order valence-electron chi connectivity index (χ3n) is 2.63. The molecule has 6 heteroatoms. The van der Waals surface area contributed by atoms with Crippen molar-refractivity contribution >= 4 is 21.8 Å². The molecule has 0 aliphatic carbocycles. The van der Waals surface area contributed by atoms with Gasteiger partial charge in [-0.1, -0.05) is 24.8 Å². The Kier molecular flexibility index (Phi) is 3.67. The summed E-state index contributed by atoms with van der Waals surface area (Å²) in [6.45, 7) is 3.60. The standard InChI is InChI=1S/C14H13NO4S/c1-2-10-3-5-11(6-4-10)15-20(18,19)14-9-12(16)7-8-13(14)17/h2-9,15-17H,1H2. The van der Waals surface area contributed by atoms with E-state index in [2.05, 4.69) is 11.3 Å². The Balaban J connectivity index is 2.35. The van der Waals surface area contributed by atoms with E-state index < -0.39 is 15.8 Å². The van der Waals surface area contributed by atoms with Crippen LogP contribution in [0.15, 0.2) is 53.9 Å². The van der Waals surface area contributed by atoms with E-state index in [1.165, 1.54) is 6.07 Å². The Labute approximate surface area is 116 Å². The minimum atomic E-state index is -3.97. The Morgan fingerprint density at radius 3 is 2.30 bits per heavy atom. The monoisotopic (exact) mass is 291 g/mol. The van der Waals surface area contributed by atoms with Crippen molar-refractivity contribution in [3.05, 3.63) is 54.6 Å². The van der Waals surface area contributed by atoms with Crippen LogP contribution in [0.3, 0.4) is 0 Å². The van der Waals surface area contributed by atoms with Crippen molar-refractivity contribution in [1.82, 2.24) is 0 Å². The average molecular weight is 291 g/mol. The first-order chi connectivity index (χ1) is 9.42. The number of hydrogen-bond donors (Lipinski definition) is 3. The molecule has 0 unspecified atom stereocenters. The highest BCUT2D eigenvalue weighted by molar-refractivity contribution is 7.92. The molecule has 0 aromatic heterocycles. The molecular formula is C14H13NO4S. The van der Waals surface area contributed by atoms with Gasteiger partial charge >= 0.3 is 0 Å². The lowest BCUT2D eigenvalue weighted by Gasteiger charge is -2.10. The summed E-state index contributed by atoms with van der Waals surface area (Å²) in [4.78, 5) is -0.384. The van der Waals surface area contributed by atoms with Gasteiger partial charge < -0.3 is 10.2 Å². The molecule has 20 heavy (non-hydrogen) atoms. The van der Waals surface area contributed by atoms with Gasteiger partial charge in [0.2, 0.25) is 0 Å². The number of benzene rings is 2. The Morgan fingerprint density at radius 2 is 1.70 bits per heavy atom. The number of aromatic hydroxyl groups is 2. The summed E-state index contributed by atoms with van der Waals surface area (Å²) >= 11 is 0. The first-order valence-electron chi connectivity index (χ1n) is 5.70. The van der Waals surface area contributed by atoms with Gasteiger partial charge in [-0.3, -0.25) is 4.72 Å². The molecule has 0 aliphatic rings. The van der Waals surface area contributed by atoms with Crippen LogP contribution in [-0.4, -0.2) is 18.6 Å². The zero-order valence-corrected chi connectivity index (χ0v) is 11.3. The van der Waals surface area contributed by atoms with Crippen LogP contribution < -0.4 is 4.72 Å². The fourth-order valence-electron chi connectivity index (χ4n) is 1.62. The minimum Gasteiger partial charge on any atom is -0.508 e. The molecule has 0 fully saturated rings. The van der Waals surface area contributed by atoms with Crippen LogP contribution in [-0.2, 0) is 10.0 Å². The molecule has 2 aromatic rings. The first-order valence-corrected chi connectivity index (χ1v) is 7.18. The molecule has 0 amide bonds. The zero-order valence-electron chi connectivity index (χ0n) is 10.4. The van der Waals surface area contributed by atoms with E-state index >= 15 is 0 Å². The minimum absolute atomic E-state index is 0.245. The van der Waals surface area contributed by atoms with E-state index in [4.69, 9.17) is 0 Å². The number of phenolic OH excluding ortho intramolecular Hbond substituents is 2. The van der Waals surface area contributed by atoms with Crippen molar-refractivity contribution in [2.45, 2.75) is 4.90 Å². The van der Waals surface area contributed by atoms with Gasteiger partial charge in [-0.2, -0.15) is 0 Å². The lowest BCUT2D eigenvalue weighted by molar-refractivity contribution is 0.445.